The Hall–Kier alpha value is -0.650. The molecule has 0 saturated carbocycles. The molecule has 0 radical (unpaired) electrons. The summed E-state index contributed by atoms with van der Waals surface area (Å²) in [4.78, 5) is 10.5. The first-order chi connectivity index (χ1) is 4.89. The molecule has 5 heteroatoms. The molecule has 0 fully saturated rings. The zero-order valence-corrected chi connectivity index (χ0v) is 6.44. The molecule has 11 heavy (non-hydrogen) atoms. The first-order valence-corrected chi connectivity index (χ1v) is 3.24. The minimum absolute atomic E-state index is 0.147. The van der Waals surface area contributed by atoms with Gasteiger partial charge < -0.3 is 20.1 Å². The van der Waals surface area contributed by atoms with Gasteiger partial charge in [-0.25, -0.2) is 4.79 Å². The predicted octanol–water partition coefficient (Wildman–Crippen LogP) is -1.04. The van der Waals surface area contributed by atoms with Gasteiger partial charge in [0.05, 0.1) is 0 Å². The monoisotopic (exact) mass is 164 g/mol. The van der Waals surface area contributed by atoms with Crippen LogP contribution in [0.4, 0.5) is 0 Å². The average molecular weight is 164 g/mol. The van der Waals surface area contributed by atoms with Gasteiger partial charge in [-0.2, -0.15) is 0 Å². The van der Waals surface area contributed by atoms with E-state index >= 15 is 0 Å². The van der Waals surface area contributed by atoms with Crippen molar-refractivity contribution in [1.29, 1.82) is 0 Å². The number of carbonyl (C=O) groups is 1. The van der Waals surface area contributed by atoms with Crippen LogP contribution in [-0.2, 0) is 9.53 Å². The largest absolute Gasteiger partial charge is 0.406 e. The molecule has 1 unspecified atom stereocenters. The zero-order valence-electron chi connectivity index (χ0n) is 6.44. The summed E-state index contributed by atoms with van der Waals surface area (Å²) in [5, 5.41) is 26.1. The van der Waals surface area contributed by atoms with E-state index in [9.17, 15) is 4.79 Å². The highest BCUT2D eigenvalue weighted by Gasteiger charge is 2.27. The van der Waals surface area contributed by atoms with Crippen LogP contribution in [0.1, 0.15) is 20.3 Å². The number of rotatable bonds is 3. The van der Waals surface area contributed by atoms with Gasteiger partial charge in [-0.1, -0.05) is 6.92 Å². The molecule has 5 nitrogen and oxygen atoms in total. The molecule has 0 aliphatic rings. The number of hydrogen-bond donors (Lipinski definition) is 3. The normalized spacial score (nSPS) is 14.3. The quantitative estimate of drug-likeness (QED) is 0.366. The van der Waals surface area contributed by atoms with E-state index in [4.69, 9.17) is 15.3 Å². The number of aliphatic hydroxyl groups is 3. The van der Waals surface area contributed by atoms with Crippen molar-refractivity contribution in [3.05, 3.63) is 0 Å². The predicted molar refractivity (Wildman–Crippen MR) is 35.2 cm³/mol. The third kappa shape index (κ3) is 3.92. The van der Waals surface area contributed by atoms with Crippen LogP contribution >= 0.6 is 0 Å². The highest BCUT2D eigenvalue weighted by Crippen LogP contribution is 2.07. The molecule has 0 spiro atoms. The van der Waals surface area contributed by atoms with Crippen molar-refractivity contribution in [3.8, 4) is 0 Å². The van der Waals surface area contributed by atoms with Gasteiger partial charge in [-0.15, -0.1) is 0 Å². The van der Waals surface area contributed by atoms with Crippen LogP contribution in [0.3, 0.4) is 0 Å². The van der Waals surface area contributed by atoms with Crippen LogP contribution in [-0.4, -0.2) is 33.4 Å². The van der Waals surface area contributed by atoms with Crippen molar-refractivity contribution in [2.45, 2.75) is 32.3 Å². The summed E-state index contributed by atoms with van der Waals surface area (Å²) >= 11 is 0. The second-order valence-corrected chi connectivity index (χ2v) is 2.19. The summed E-state index contributed by atoms with van der Waals surface area (Å²) in [7, 11) is 0. The molecule has 3 N–H and O–H groups in total. The minimum atomic E-state index is -2.46. The lowest BCUT2D eigenvalue weighted by atomic mass is 10.4. The van der Waals surface area contributed by atoms with Gasteiger partial charge in [-0.05, 0) is 6.92 Å². The van der Waals surface area contributed by atoms with Crippen molar-refractivity contribution in [3.63, 3.8) is 0 Å². The third-order valence-corrected chi connectivity index (χ3v) is 1.07. The molecule has 0 aromatic rings. The van der Waals surface area contributed by atoms with Gasteiger partial charge in [0.2, 0.25) is 0 Å². The fourth-order valence-corrected chi connectivity index (χ4v) is 0.319. The van der Waals surface area contributed by atoms with E-state index in [1.165, 1.54) is 13.8 Å². The molecule has 0 amide bonds. The second-order valence-electron chi connectivity index (χ2n) is 2.19. The van der Waals surface area contributed by atoms with E-state index in [-0.39, 0.29) is 6.42 Å². The van der Waals surface area contributed by atoms with Crippen molar-refractivity contribution in [2.75, 3.05) is 0 Å². The van der Waals surface area contributed by atoms with Crippen molar-refractivity contribution >= 4 is 5.97 Å². The van der Waals surface area contributed by atoms with Gasteiger partial charge in [-0.3, -0.25) is 0 Å². The van der Waals surface area contributed by atoms with E-state index in [2.05, 4.69) is 4.74 Å². The highest BCUT2D eigenvalue weighted by atomic mass is 16.8. The van der Waals surface area contributed by atoms with Gasteiger partial charge in [0.1, 0.15) is 6.10 Å². The van der Waals surface area contributed by atoms with Crippen LogP contribution in [0, 0.1) is 0 Å². The molecule has 0 aromatic carbocycles. The van der Waals surface area contributed by atoms with Gasteiger partial charge in [0.15, 0.2) is 0 Å². The van der Waals surface area contributed by atoms with Crippen molar-refractivity contribution < 1.29 is 24.9 Å². The summed E-state index contributed by atoms with van der Waals surface area (Å²) in [5.41, 5.74) is 0. The summed E-state index contributed by atoms with van der Waals surface area (Å²) < 4.78 is 4.07. The molecule has 0 aliphatic carbocycles. The maximum absolute atomic E-state index is 10.5. The Morgan fingerprint density at radius 2 is 2.09 bits per heavy atom. The fourth-order valence-electron chi connectivity index (χ4n) is 0.319. The second kappa shape index (κ2) is 3.66. The highest BCUT2D eigenvalue weighted by molar-refractivity contribution is 5.74. The summed E-state index contributed by atoms with van der Waals surface area (Å²) in [6.07, 6.45) is -1.49. The summed E-state index contributed by atoms with van der Waals surface area (Å²) in [5.74, 6) is -3.52. The minimum Gasteiger partial charge on any atom is -0.406 e. The lowest BCUT2D eigenvalue weighted by molar-refractivity contribution is -0.322. The number of aliphatic hydroxyl groups excluding tert-OH is 1. The number of carbonyl (C=O) groups excluding carboxylic acids is 1. The molecule has 0 bridgehead atoms. The summed E-state index contributed by atoms with van der Waals surface area (Å²) in [6, 6.07) is 0. The summed E-state index contributed by atoms with van der Waals surface area (Å²) in [6.45, 7) is 2.60. The lowest BCUT2D eigenvalue weighted by Gasteiger charge is -2.19. The molecular weight excluding hydrogens is 152 g/mol. The van der Waals surface area contributed by atoms with Crippen LogP contribution < -0.4 is 0 Å². The first-order valence-electron chi connectivity index (χ1n) is 3.24. The van der Waals surface area contributed by atoms with Crippen LogP contribution in [0.5, 0.6) is 0 Å². The van der Waals surface area contributed by atoms with Gasteiger partial charge in [0.25, 0.3) is 0 Å². The van der Waals surface area contributed by atoms with Crippen LogP contribution in [0.15, 0.2) is 0 Å². The Morgan fingerprint density at radius 3 is 2.36 bits per heavy atom. The topological polar surface area (TPSA) is 87.0 Å². The van der Waals surface area contributed by atoms with Crippen molar-refractivity contribution in [1.82, 2.24) is 0 Å². The van der Waals surface area contributed by atoms with E-state index in [1.54, 1.807) is 0 Å². The smallest absolute Gasteiger partial charge is 0.338 e. The van der Waals surface area contributed by atoms with E-state index in [0.717, 1.165) is 0 Å². The molecule has 1 atom stereocenters. The van der Waals surface area contributed by atoms with Gasteiger partial charge >= 0.3 is 11.9 Å². The van der Waals surface area contributed by atoms with Gasteiger partial charge in [0, 0.05) is 6.42 Å². The molecule has 0 aliphatic heterocycles. The Bertz CT molecular complexity index is 140. The Morgan fingerprint density at radius 1 is 1.64 bits per heavy atom. The molecule has 66 valence electrons. The van der Waals surface area contributed by atoms with Crippen molar-refractivity contribution in [2.24, 2.45) is 0 Å². The molecule has 0 heterocycles. The molecule has 0 rings (SSSR count). The maximum Gasteiger partial charge on any atom is 0.338 e. The fraction of sp³-hybridized carbons (Fsp3) is 0.833. The maximum atomic E-state index is 10.5. The van der Waals surface area contributed by atoms with E-state index < -0.39 is 18.0 Å². The zero-order chi connectivity index (χ0) is 9.07. The molecule has 0 aromatic heterocycles. The van der Waals surface area contributed by atoms with Crippen LogP contribution in [0.2, 0.25) is 0 Å². The number of hydrogen-bond acceptors (Lipinski definition) is 5. The van der Waals surface area contributed by atoms with E-state index in [1.807, 2.05) is 0 Å². The molecular formula is C6H12O5. The Balaban J connectivity index is 3.94. The van der Waals surface area contributed by atoms with E-state index in [0.29, 0.717) is 0 Å². The lowest BCUT2D eigenvalue weighted by Crippen LogP contribution is -2.37. The third-order valence-electron chi connectivity index (χ3n) is 1.07. The Labute approximate surface area is 64.2 Å². The standard InChI is InChI=1S/C6H12O5/c1-3-6(9,10)11-5(8)4(2)7/h4,7,9-10H,3H2,1-2H3. The van der Waals surface area contributed by atoms with Crippen LogP contribution in [0.25, 0.3) is 0 Å². The SMILES string of the molecule is CCC(O)(O)OC(=O)C(C)O. The Kier molecular flexibility index (Phi) is 3.44. The average Bonchev–Trinajstić information content (AvgIpc) is 1.87. The number of esters is 1. The first kappa shape index (κ1) is 10.3. The number of ether oxygens (including phenoxy) is 1. The molecule has 0 saturated heterocycles.